The van der Waals surface area contributed by atoms with Crippen LogP contribution in [0.5, 0.6) is 11.5 Å². The van der Waals surface area contributed by atoms with Crippen molar-refractivity contribution < 1.29 is 9.47 Å². The number of halogens is 1. The number of benzene rings is 3. The molecule has 160 valence electrons. The average molecular weight is 488 g/mol. The number of aromatic nitrogens is 2. The van der Waals surface area contributed by atoms with E-state index in [1.807, 2.05) is 74.5 Å². The molecule has 1 heterocycles. The zero-order chi connectivity index (χ0) is 22.5. The molecule has 0 bridgehead atoms. The highest BCUT2D eigenvalue weighted by molar-refractivity contribution is 9.10. The minimum Gasteiger partial charge on any atom is -0.490 e. The Bertz CT molecular complexity index is 1320. The molecule has 4 aromatic rings. The summed E-state index contributed by atoms with van der Waals surface area (Å²) < 4.78 is 12.6. The minimum atomic E-state index is 0.427. The van der Waals surface area contributed by atoms with Gasteiger partial charge in [0.1, 0.15) is 18.5 Å². The highest BCUT2D eigenvalue weighted by Gasteiger charge is 2.14. The zero-order valence-corrected chi connectivity index (χ0v) is 19.4. The van der Waals surface area contributed by atoms with E-state index in [2.05, 4.69) is 32.0 Å². The summed E-state index contributed by atoms with van der Waals surface area (Å²) in [7, 11) is 0. The van der Waals surface area contributed by atoms with E-state index >= 15 is 0 Å². The lowest BCUT2D eigenvalue weighted by Crippen LogP contribution is -2.01. The second-order valence-corrected chi connectivity index (χ2v) is 8.17. The minimum absolute atomic E-state index is 0.427. The van der Waals surface area contributed by atoms with Gasteiger partial charge in [-0.25, -0.2) is 4.98 Å². The fraction of sp³-hybridized carbons (Fsp3) is 0.154. The van der Waals surface area contributed by atoms with Crippen molar-refractivity contribution in [2.75, 3.05) is 6.61 Å². The van der Waals surface area contributed by atoms with Crippen LogP contribution in [0, 0.1) is 18.3 Å². The first-order chi connectivity index (χ1) is 15.6. The van der Waals surface area contributed by atoms with E-state index in [1.54, 1.807) is 6.08 Å². The third-order valence-corrected chi connectivity index (χ3v) is 5.47. The molecular formula is C26H22BrN3O2. The second-order valence-electron chi connectivity index (χ2n) is 7.31. The molecule has 0 saturated heterocycles. The number of imidazole rings is 1. The summed E-state index contributed by atoms with van der Waals surface area (Å²) in [6.07, 6.45) is 1.79. The van der Waals surface area contributed by atoms with Crippen LogP contribution in [0.2, 0.25) is 0 Å². The van der Waals surface area contributed by atoms with Crippen LogP contribution in [-0.4, -0.2) is 16.6 Å². The van der Waals surface area contributed by atoms with Crippen LogP contribution < -0.4 is 9.47 Å². The van der Waals surface area contributed by atoms with Crippen LogP contribution in [0.25, 0.3) is 22.7 Å². The van der Waals surface area contributed by atoms with Gasteiger partial charge >= 0.3 is 0 Å². The molecule has 0 fully saturated rings. The summed E-state index contributed by atoms with van der Waals surface area (Å²) in [5.74, 6) is 1.78. The molecule has 0 aliphatic rings. The molecule has 3 aromatic carbocycles. The van der Waals surface area contributed by atoms with E-state index < -0.39 is 0 Å². The Hall–Kier alpha value is -3.56. The molecule has 0 radical (unpaired) electrons. The van der Waals surface area contributed by atoms with Crippen LogP contribution in [0.4, 0.5) is 0 Å². The van der Waals surface area contributed by atoms with Gasteiger partial charge in [0.2, 0.25) is 0 Å². The second kappa shape index (κ2) is 9.71. The van der Waals surface area contributed by atoms with Crippen molar-refractivity contribution in [3.05, 3.63) is 87.7 Å². The third kappa shape index (κ3) is 4.84. The number of nitrogens with one attached hydrogen (secondary N) is 1. The van der Waals surface area contributed by atoms with Crippen LogP contribution in [0.15, 0.2) is 65.1 Å². The first-order valence-corrected chi connectivity index (χ1v) is 11.1. The Kier molecular flexibility index (Phi) is 6.58. The molecule has 1 aromatic heterocycles. The monoisotopic (exact) mass is 487 g/mol. The van der Waals surface area contributed by atoms with Crippen molar-refractivity contribution in [3.8, 4) is 17.6 Å². The molecule has 32 heavy (non-hydrogen) atoms. The first kappa shape index (κ1) is 21.7. The number of nitrogens with zero attached hydrogens (tertiary/aromatic N) is 2. The number of rotatable bonds is 7. The number of hydrogen-bond acceptors (Lipinski definition) is 4. The van der Waals surface area contributed by atoms with Gasteiger partial charge in [-0.2, -0.15) is 5.26 Å². The molecule has 5 nitrogen and oxygen atoms in total. The largest absolute Gasteiger partial charge is 0.490 e. The number of aryl methyl sites for hydroxylation is 1. The summed E-state index contributed by atoms with van der Waals surface area (Å²) in [6.45, 7) is 4.87. The fourth-order valence-electron chi connectivity index (χ4n) is 3.38. The first-order valence-electron chi connectivity index (χ1n) is 10.3. The quantitative estimate of drug-likeness (QED) is 0.295. The van der Waals surface area contributed by atoms with Crippen LogP contribution in [-0.2, 0) is 6.61 Å². The van der Waals surface area contributed by atoms with E-state index in [4.69, 9.17) is 9.47 Å². The fourth-order valence-corrected chi connectivity index (χ4v) is 3.95. The van der Waals surface area contributed by atoms with Crippen molar-refractivity contribution in [2.24, 2.45) is 0 Å². The number of H-pyrrole nitrogens is 1. The van der Waals surface area contributed by atoms with Gasteiger partial charge in [0.15, 0.2) is 11.5 Å². The van der Waals surface area contributed by atoms with Crippen molar-refractivity contribution in [2.45, 2.75) is 20.5 Å². The van der Waals surface area contributed by atoms with E-state index in [0.717, 1.165) is 32.2 Å². The van der Waals surface area contributed by atoms with Gasteiger partial charge in [0, 0.05) is 0 Å². The standard InChI is InChI=1S/C26H22BrN3O2/c1-3-31-24-14-19(13-21(27)25(24)32-16-18-7-5-4-6-8-18)12-20(15-28)26-29-22-10-9-17(2)11-23(22)30-26/h4-14H,3,16H2,1-2H3,(H,29,30)/b20-12-. The smallest absolute Gasteiger partial charge is 0.175 e. The number of nitriles is 1. The lowest BCUT2D eigenvalue weighted by Gasteiger charge is -2.15. The van der Waals surface area contributed by atoms with E-state index in [9.17, 15) is 5.26 Å². The van der Waals surface area contributed by atoms with E-state index in [1.165, 1.54) is 0 Å². The molecule has 0 aliphatic heterocycles. The SMILES string of the molecule is CCOc1cc(/C=C(/C#N)c2nc3ccc(C)cc3[nH]2)cc(Br)c1OCc1ccccc1. The highest BCUT2D eigenvalue weighted by atomic mass is 79.9. The van der Waals surface area contributed by atoms with Crippen LogP contribution >= 0.6 is 15.9 Å². The van der Waals surface area contributed by atoms with Gasteiger partial charge in [-0.15, -0.1) is 0 Å². The molecule has 6 heteroatoms. The number of fused-ring (bicyclic) bond motifs is 1. The molecule has 0 unspecified atom stereocenters. The number of ether oxygens (including phenoxy) is 2. The topological polar surface area (TPSA) is 70.9 Å². The van der Waals surface area contributed by atoms with Gasteiger partial charge in [-0.3, -0.25) is 0 Å². The Balaban J connectivity index is 1.67. The predicted octanol–water partition coefficient (Wildman–Crippen LogP) is 6.68. The molecule has 1 N–H and O–H groups in total. The summed E-state index contributed by atoms with van der Waals surface area (Å²) in [5.41, 5.74) is 5.17. The lowest BCUT2D eigenvalue weighted by atomic mass is 10.1. The van der Waals surface area contributed by atoms with Crippen molar-refractivity contribution in [3.63, 3.8) is 0 Å². The summed E-state index contributed by atoms with van der Waals surface area (Å²) in [5, 5.41) is 9.78. The van der Waals surface area contributed by atoms with Gasteiger partial charge in [-0.1, -0.05) is 36.4 Å². The Morgan fingerprint density at radius 3 is 2.69 bits per heavy atom. The maximum atomic E-state index is 9.78. The zero-order valence-electron chi connectivity index (χ0n) is 17.9. The third-order valence-electron chi connectivity index (χ3n) is 4.88. The molecule has 0 aliphatic carbocycles. The molecule has 0 saturated carbocycles. The van der Waals surface area contributed by atoms with E-state index in [-0.39, 0.29) is 0 Å². The normalized spacial score (nSPS) is 11.4. The molecule has 0 amide bonds. The maximum Gasteiger partial charge on any atom is 0.175 e. The molecule has 0 atom stereocenters. The number of allylic oxidation sites excluding steroid dienone is 1. The van der Waals surface area contributed by atoms with Gasteiger partial charge in [0.25, 0.3) is 0 Å². The Morgan fingerprint density at radius 1 is 1.12 bits per heavy atom. The maximum absolute atomic E-state index is 9.78. The van der Waals surface area contributed by atoms with E-state index in [0.29, 0.717) is 36.1 Å². The molecule has 0 spiro atoms. The van der Waals surface area contributed by atoms with Crippen LogP contribution in [0.1, 0.15) is 29.4 Å². The van der Waals surface area contributed by atoms with Crippen LogP contribution in [0.3, 0.4) is 0 Å². The predicted molar refractivity (Wildman–Crippen MR) is 130 cm³/mol. The Morgan fingerprint density at radius 2 is 1.94 bits per heavy atom. The van der Waals surface area contributed by atoms with Crippen molar-refractivity contribution >= 4 is 38.6 Å². The molecular weight excluding hydrogens is 466 g/mol. The Labute approximate surface area is 195 Å². The lowest BCUT2D eigenvalue weighted by molar-refractivity contribution is 0.267. The number of aromatic amines is 1. The van der Waals surface area contributed by atoms with Crippen molar-refractivity contribution in [1.82, 2.24) is 9.97 Å². The number of hydrogen-bond donors (Lipinski definition) is 1. The highest BCUT2D eigenvalue weighted by Crippen LogP contribution is 2.38. The summed E-state index contributed by atoms with van der Waals surface area (Å²) in [6, 6.07) is 22.0. The average Bonchev–Trinajstić information content (AvgIpc) is 3.20. The van der Waals surface area contributed by atoms with Gasteiger partial charge in [-0.05, 0) is 76.8 Å². The summed E-state index contributed by atoms with van der Waals surface area (Å²) in [4.78, 5) is 7.81. The van der Waals surface area contributed by atoms with Gasteiger partial charge < -0.3 is 14.5 Å². The van der Waals surface area contributed by atoms with Crippen molar-refractivity contribution in [1.29, 1.82) is 5.26 Å². The summed E-state index contributed by atoms with van der Waals surface area (Å²) >= 11 is 3.61. The molecule has 4 rings (SSSR count). The van der Waals surface area contributed by atoms with Gasteiger partial charge in [0.05, 0.1) is 27.7 Å².